The maximum atomic E-state index is 11.5. The van der Waals surface area contributed by atoms with Gasteiger partial charge in [-0.25, -0.2) is 9.78 Å². The van der Waals surface area contributed by atoms with Gasteiger partial charge in [-0.05, 0) is 48.8 Å². The van der Waals surface area contributed by atoms with Crippen molar-refractivity contribution >= 4 is 33.7 Å². The quantitative estimate of drug-likeness (QED) is 0.875. The van der Waals surface area contributed by atoms with Gasteiger partial charge in [-0.15, -0.1) is 0 Å². The lowest BCUT2D eigenvalue weighted by Gasteiger charge is -2.19. The minimum atomic E-state index is -0.685. The number of anilines is 1. The lowest BCUT2D eigenvalue weighted by molar-refractivity contribution is 0.0635. The largest absolute Gasteiger partial charge is 0.444 e. The number of carbonyl (C=O) groups excluding carboxylic acids is 2. The molecule has 0 atom stereocenters. The molecule has 0 aliphatic rings. The Balaban J connectivity index is 2.83. The highest BCUT2D eigenvalue weighted by atomic mass is 79.9. The van der Waals surface area contributed by atoms with Gasteiger partial charge in [0.05, 0.1) is 0 Å². The molecule has 3 N–H and O–H groups in total. The third-order valence-electron chi connectivity index (χ3n) is 1.71. The lowest BCUT2D eigenvalue weighted by Crippen LogP contribution is -2.27. The molecule has 0 unspecified atom stereocenters. The molecule has 98 valence electrons. The molecule has 0 radical (unpaired) electrons. The summed E-state index contributed by atoms with van der Waals surface area (Å²) in [7, 11) is 0. The topological polar surface area (TPSA) is 94.3 Å². The van der Waals surface area contributed by atoms with Gasteiger partial charge >= 0.3 is 6.09 Å². The zero-order valence-electron chi connectivity index (χ0n) is 10.3. The second kappa shape index (κ2) is 5.34. The number of nitrogens with two attached hydrogens (primary N) is 1. The smallest absolute Gasteiger partial charge is 0.413 e. The molecule has 0 saturated heterocycles. The van der Waals surface area contributed by atoms with E-state index in [9.17, 15) is 9.59 Å². The van der Waals surface area contributed by atoms with Crippen LogP contribution < -0.4 is 11.1 Å². The molecule has 1 rings (SSSR count). The zero-order valence-corrected chi connectivity index (χ0v) is 11.9. The monoisotopic (exact) mass is 315 g/mol. The van der Waals surface area contributed by atoms with Gasteiger partial charge in [-0.2, -0.15) is 0 Å². The Hall–Kier alpha value is -1.63. The first-order valence-electron chi connectivity index (χ1n) is 5.15. The molecule has 0 aromatic carbocycles. The van der Waals surface area contributed by atoms with Crippen molar-refractivity contribution in [2.24, 2.45) is 5.73 Å². The molecule has 0 aliphatic carbocycles. The molecule has 7 heteroatoms. The minimum Gasteiger partial charge on any atom is -0.444 e. The van der Waals surface area contributed by atoms with Crippen molar-refractivity contribution in [1.82, 2.24) is 4.98 Å². The van der Waals surface area contributed by atoms with E-state index in [1.54, 1.807) is 26.8 Å². The van der Waals surface area contributed by atoms with Gasteiger partial charge in [-0.1, -0.05) is 0 Å². The Kier molecular flexibility index (Phi) is 4.28. The van der Waals surface area contributed by atoms with Crippen molar-refractivity contribution in [3.05, 3.63) is 22.3 Å². The fourth-order valence-corrected chi connectivity index (χ4v) is 1.51. The van der Waals surface area contributed by atoms with E-state index < -0.39 is 17.6 Å². The number of hydrogen-bond acceptors (Lipinski definition) is 4. The molecular formula is C11H14BrN3O3. The fourth-order valence-electron chi connectivity index (χ4n) is 1.09. The standard InChI is InChI=1S/C11H14BrN3O3/c1-11(2,3)18-10(17)15-7-5-4-6(12)8(14-7)9(13)16/h4-5H,1-3H3,(H2,13,16)(H,14,15,17). The van der Waals surface area contributed by atoms with Gasteiger partial charge in [0, 0.05) is 4.47 Å². The Morgan fingerprint density at radius 1 is 1.39 bits per heavy atom. The number of ether oxygens (including phenoxy) is 1. The zero-order chi connectivity index (χ0) is 13.9. The Morgan fingerprint density at radius 3 is 2.50 bits per heavy atom. The summed E-state index contributed by atoms with van der Waals surface area (Å²) in [4.78, 5) is 26.5. The number of nitrogens with zero attached hydrogens (tertiary/aromatic N) is 1. The van der Waals surface area contributed by atoms with Crippen molar-refractivity contribution in [2.45, 2.75) is 26.4 Å². The van der Waals surface area contributed by atoms with Crippen LogP contribution in [-0.2, 0) is 4.74 Å². The Morgan fingerprint density at radius 2 is 2.00 bits per heavy atom. The third kappa shape index (κ3) is 4.33. The molecule has 1 heterocycles. The third-order valence-corrected chi connectivity index (χ3v) is 2.35. The Labute approximate surface area is 113 Å². The van der Waals surface area contributed by atoms with Crippen LogP contribution in [0.1, 0.15) is 31.3 Å². The highest BCUT2D eigenvalue weighted by Crippen LogP contribution is 2.17. The first-order valence-corrected chi connectivity index (χ1v) is 5.95. The molecule has 0 fully saturated rings. The van der Waals surface area contributed by atoms with E-state index in [1.807, 2.05) is 0 Å². The Bertz CT molecular complexity index is 483. The van der Waals surface area contributed by atoms with Gasteiger partial charge in [0.2, 0.25) is 0 Å². The number of aromatic nitrogens is 1. The highest BCUT2D eigenvalue weighted by Gasteiger charge is 2.17. The number of carbonyl (C=O) groups is 2. The molecule has 0 spiro atoms. The van der Waals surface area contributed by atoms with E-state index in [1.165, 1.54) is 6.07 Å². The maximum Gasteiger partial charge on any atom is 0.413 e. The molecule has 0 bridgehead atoms. The fraction of sp³-hybridized carbons (Fsp3) is 0.364. The summed E-state index contributed by atoms with van der Waals surface area (Å²) in [6, 6.07) is 3.10. The molecule has 0 aliphatic heterocycles. The average molecular weight is 316 g/mol. The first-order chi connectivity index (χ1) is 8.19. The molecule has 1 aromatic heterocycles. The molecule has 6 nitrogen and oxygen atoms in total. The molecule has 18 heavy (non-hydrogen) atoms. The maximum absolute atomic E-state index is 11.5. The SMILES string of the molecule is CC(C)(C)OC(=O)Nc1ccc(Br)c(C(N)=O)n1. The van der Waals surface area contributed by atoms with Gasteiger partial charge in [0.1, 0.15) is 17.1 Å². The second-order valence-electron chi connectivity index (χ2n) is 4.52. The summed E-state index contributed by atoms with van der Waals surface area (Å²) >= 11 is 3.14. The van der Waals surface area contributed by atoms with Gasteiger partial charge < -0.3 is 10.5 Å². The van der Waals surface area contributed by atoms with Crippen LogP contribution in [0.15, 0.2) is 16.6 Å². The number of nitrogens with one attached hydrogen (secondary N) is 1. The summed E-state index contributed by atoms with van der Waals surface area (Å²) in [5, 5.41) is 2.42. The van der Waals surface area contributed by atoms with E-state index in [2.05, 4.69) is 26.2 Å². The van der Waals surface area contributed by atoms with Crippen molar-refractivity contribution in [3.63, 3.8) is 0 Å². The number of hydrogen-bond donors (Lipinski definition) is 2. The minimum absolute atomic E-state index is 0.0450. The van der Waals surface area contributed by atoms with Crippen LogP contribution in [-0.4, -0.2) is 22.6 Å². The van der Waals surface area contributed by atoms with Crippen LogP contribution in [0.5, 0.6) is 0 Å². The van der Waals surface area contributed by atoms with Crippen LogP contribution in [0.3, 0.4) is 0 Å². The summed E-state index contributed by atoms with van der Waals surface area (Å²) in [6.07, 6.45) is -0.646. The van der Waals surface area contributed by atoms with E-state index in [4.69, 9.17) is 10.5 Å². The van der Waals surface area contributed by atoms with E-state index >= 15 is 0 Å². The van der Waals surface area contributed by atoms with Gasteiger partial charge in [0.25, 0.3) is 5.91 Å². The summed E-state index contributed by atoms with van der Waals surface area (Å²) in [5.41, 5.74) is 4.58. The van der Waals surface area contributed by atoms with E-state index in [0.29, 0.717) is 4.47 Å². The van der Waals surface area contributed by atoms with Crippen LogP contribution in [0, 0.1) is 0 Å². The summed E-state index contributed by atoms with van der Waals surface area (Å²) in [6.45, 7) is 5.24. The summed E-state index contributed by atoms with van der Waals surface area (Å²) in [5.74, 6) is -0.490. The van der Waals surface area contributed by atoms with E-state index in [0.717, 1.165) is 0 Å². The number of amides is 2. The number of primary amides is 1. The predicted molar refractivity (Wildman–Crippen MR) is 70.3 cm³/mol. The van der Waals surface area contributed by atoms with Crippen molar-refractivity contribution in [1.29, 1.82) is 0 Å². The summed E-state index contributed by atoms with van der Waals surface area (Å²) < 4.78 is 5.52. The van der Waals surface area contributed by atoms with Crippen LogP contribution >= 0.6 is 15.9 Å². The number of pyridine rings is 1. The van der Waals surface area contributed by atoms with Crippen LogP contribution in [0.25, 0.3) is 0 Å². The van der Waals surface area contributed by atoms with Gasteiger partial charge in [-0.3, -0.25) is 10.1 Å². The van der Waals surface area contributed by atoms with Crippen LogP contribution in [0.4, 0.5) is 10.6 Å². The van der Waals surface area contributed by atoms with Crippen molar-refractivity contribution < 1.29 is 14.3 Å². The van der Waals surface area contributed by atoms with E-state index in [-0.39, 0.29) is 11.5 Å². The van der Waals surface area contributed by atoms with Crippen LogP contribution in [0.2, 0.25) is 0 Å². The number of halogens is 1. The van der Waals surface area contributed by atoms with Crippen molar-refractivity contribution in [2.75, 3.05) is 5.32 Å². The molecule has 1 aromatic rings. The molecular weight excluding hydrogens is 302 g/mol. The normalized spacial score (nSPS) is 10.9. The lowest BCUT2D eigenvalue weighted by atomic mass is 10.2. The highest BCUT2D eigenvalue weighted by molar-refractivity contribution is 9.10. The average Bonchev–Trinajstić information content (AvgIpc) is 2.17. The predicted octanol–water partition coefficient (Wildman–Crippen LogP) is 2.29. The second-order valence-corrected chi connectivity index (χ2v) is 5.37. The van der Waals surface area contributed by atoms with Crippen molar-refractivity contribution in [3.8, 4) is 0 Å². The number of rotatable bonds is 2. The molecule has 2 amide bonds. The first kappa shape index (κ1) is 14.4. The van der Waals surface area contributed by atoms with Gasteiger partial charge in [0.15, 0.2) is 0 Å². The molecule has 0 saturated carbocycles.